The van der Waals surface area contributed by atoms with Crippen molar-refractivity contribution in [3.05, 3.63) is 71.1 Å². The minimum atomic E-state index is -3.76. The van der Waals surface area contributed by atoms with Crippen LogP contribution in [0, 0.1) is 0 Å². The zero-order valence-electron chi connectivity index (χ0n) is 16.1. The van der Waals surface area contributed by atoms with E-state index in [1.165, 1.54) is 29.7 Å². The van der Waals surface area contributed by atoms with Gasteiger partial charge in [-0.2, -0.15) is 11.3 Å². The molecule has 0 spiro atoms. The number of benzene rings is 1. The van der Waals surface area contributed by atoms with Crippen LogP contribution < -0.4 is 10.0 Å². The van der Waals surface area contributed by atoms with Crippen molar-refractivity contribution in [3.8, 4) is 11.5 Å². The number of rotatable bonds is 9. The van der Waals surface area contributed by atoms with Crippen molar-refractivity contribution in [3.63, 3.8) is 0 Å². The monoisotopic (exact) mass is 458 g/mol. The number of nitrogens with zero attached hydrogens (tertiary/aromatic N) is 2. The zero-order valence-corrected chi connectivity index (χ0v) is 17.8. The second kappa shape index (κ2) is 9.25. The third-order valence-electron chi connectivity index (χ3n) is 4.25. The summed E-state index contributed by atoms with van der Waals surface area (Å²) in [6.45, 7) is 0.0312. The van der Waals surface area contributed by atoms with Crippen LogP contribution >= 0.6 is 11.3 Å². The van der Waals surface area contributed by atoms with Gasteiger partial charge >= 0.3 is 0 Å². The highest BCUT2D eigenvalue weighted by Gasteiger charge is 2.16. The number of furan rings is 1. The van der Waals surface area contributed by atoms with Crippen molar-refractivity contribution < 1.29 is 22.0 Å². The molecule has 0 unspecified atom stereocenters. The first-order valence-electron chi connectivity index (χ1n) is 9.26. The van der Waals surface area contributed by atoms with Gasteiger partial charge in [-0.25, -0.2) is 13.1 Å². The number of thiophene rings is 1. The summed E-state index contributed by atoms with van der Waals surface area (Å²) in [5.74, 6) is 0.969. The minimum Gasteiger partial charge on any atom is -0.468 e. The summed E-state index contributed by atoms with van der Waals surface area (Å²) in [7, 11) is -3.76. The number of sulfonamides is 1. The van der Waals surface area contributed by atoms with E-state index >= 15 is 0 Å². The Bertz CT molecular complexity index is 1250. The molecule has 11 heteroatoms. The fourth-order valence-corrected chi connectivity index (χ4v) is 4.37. The number of anilines is 1. The van der Waals surface area contributed by atoms with Gasteiger partial charge in [-0.3, -0.25) is 4.79 Å². The van der Waals surface area contributed by atoms with E-state index < -0.39 is 10.0 Å². The minimum absolute atomic E-state index is 0.0312. The molecule has 0 aliphatic rings. The Labute approximate surface area is 182 Å². The highest BCUT2D eigenvalue weighted by molar-refractivity contribution is 7.89. The second-order valence-corrected chi connectivity index (χ2v) is 9.04. The second-order valence-electron chi connectivity index (χ2n) is 6.49. The van der Waals surface area contributed by atoms with Crippen LogP contribution in [0.1, 0.15) is 18.1 Å². The summed E-state index contributed by atoms with van der Waals surface area (Å²) in [6, 6.07) is 11.2. The summed E-state index contributed by atoms with van der Waals surface area (Å²) < 4.78 is 38.1. The van der Waals surface area contributed by atoms with Gasteiger partial charge in [-0.15, -0.1) is 10.2 Å². The van der Waals surface area contributed by atoms with Crippen LogP contribution in [0.5, 0.6) is 0 Å². The Kier molecular flexibility index (Phi) is 6.26. The number of hydrogen-bond donors (Lipinski definition) is 2. The van der Waals surface area contributed by atoms with Gasteiger partial charge in [0.25, 0.3) is 0 Å². The molecule has 160 valence electrons. The SMILES string of the molecule is O=C(CCc1nnc(-c2ccsc2)o1)Nc1cccc(S(=O)(=O)NCc2ccco2)c1. The number of carbonyl (C=O) groups is 1. The average molecular weight is 459 g/mol. The number of aromatic nitrogens is 2. The van der Waals surface area contributed by atoms with Gasteiger partial charge in [0.1, 0.15) is 5.76 Å². The lowest BCUT2D eigenvalue weighted by molar-refractivity contribution is -0.116. The molecule has 0 saturated heterocycles. The molecule has 1 amide bonds. The Hall–Kier alpha value is -3.28. The molecule has 3 heterocycles. The predicted octanol–water partition coefficient (Wildman–Crippen LogP) is 3.44. The molecule has 2 N–H and O–H groups in total. The number of carbonyl (C=O) groups excluding carboxylic acids is 1. The first-order chi connectivity index (χ1) is 15.0. The largest absolute Gasteiger partial charge is 0.468 e. The molecule has 4 rings (SSSR count). The van der Waals surface area contributed by atoms with Crippen molar-refractivity contribution in [1.29, 1.82) is 0 Å². The number of nitrogens with one attached hydrogen (secondary N) is 2. The highest BCUT2D eigenvalue weighted by atomic mass is 32.2. The molecule has 0 radical (unpaired) electrons. The normalized spacial score (nSPS) is 11.5. The van der Waals surface area contributed by atoms with E-state index in [0.717, 1.165) is 5.56 Å². The third kappa shape index (κ3) is 5.45. The molecule has 0 atom stereocenters. The molecule has 1 aromatic carbocycles. The van der Waals surface area contributed by atoms with Crippen molar-refractivity contribution >= 4 is 33.0 Å². The highest BCUT2D eigenvalue weighted by Crippen LogP contribution is 2.21. The lowest BCUT2D eigenvalue weighted by Crippen LogP contribution is -2.23. The maximum Gasteiger partial charge on any atom is 0.248 e. The molecule has 0 saturated carbocycles. The fraction of sp³-hybridized carbons (Fsp3) is 0.150. The van der Waals surface area contributed by atoms with E-state index in [1.54, 1.807) is 24.3 Å². The standard InChI is InChI=1S/C20H18N4O5S2/c25-18(6-7-19-23-24-20(29-19)14-8-10-30-13-14)22-15-3-1-5-17(11-15)31(26,27)21-12-16-4-2-9-28-16/h1-5,8-11,13,21H,6-7,12H2,(H,22,25). The van der Waals surface area contributed by atoms with E-state index in [9.17, 15) is 13.2 Å². The van der Waals surface area contributed by atoms with Crippen LogP contribution in [0.25, 0.3) is 11.5 Å². The summed E-state index contributed by atoms with van der Waals surface area (Å²) >= 11 is 1.52. The first-order valence-corrected chi connectivity index (χ1v) is 11.7. The lowest BCUT2D eigenvalue weighted by atomic mass is 10.2. The van der Waals surface area contributed by atoms with Crippen molar-refractivity contribution in [2.75, 3.05) is 5.32 Å². The Balaban J connectivity index is 1.33. The van der Waals surface area contributed by atoms with Crippen molar-refractivity contribution in [1.82, 2.24) is 14.9 Å². The van der Waals surface area contributed by atoms with E-state index in [2.05, 4.69) is 20.2 Å². The topological polar surface area (TPSA) is 127 Å². The summed E-state index contributed by atoms with van der Waals surface area (Å²) in [5, 5.41) is 14.4. The van der Waals surface area contributed by atoms with Gasteiger partial charge in [0.2, 0.25) is 27.7 Å². The fourth-order valence-electron chi connectivity index (χ4n) is 2.71. The quantitative estimate of drug-likeness (QED) is 0.393. The van der Waals surface area contributed by atoms with Gasteiger partial charge in [-0.05, 0) is 41.8 Å². The summed E-state index contributed by atoms with van der Waals surface area (Å²) in [4.78, 5) is 12.3. The number of amides is 1. The van der Waals surface area contributed by atoms with Gasteiger partial charge in [0, 0.05) is 29.5 Å². The van der Waals surface area contributed by atoms with E-state index in [-0.39, 0.29) is 30.2 Å². The average Bonchev–Trinajstić information content (AvgIpc) is 3.53. The molecule has 4 aromatic rings. The van der Waals surface area contributed by atoms with Crippen LogP contribution in [0.2, 0.25) is 0 Å². The molecular formula is C20H18N4O5S2. The van der Waals surface area contributed by atoms with Crippen LogP contribution in [-0.4, -0.2) is 24.5 Å². The van der Waals surface area contributed by atoms with Crippen molar-refractivity contribution in [2.45, 2.75) is 24.3 Å². The maximum absolute atomic E-state index is 12.5. The van der Waals surface area contributed by atoms with Gasteiger partial charge in [0.15, 0.2) is 0 Å². The molecule has 31 heavy (non-hydrogen) atoms. The van der Waals surface area contributed by atoms with Crippen LogP contribution in [0.15, 0.2) is 73.2 Å². The summed E-state index contributed by atoms with van der Waals surface area (Å²) in [5.41, 5.74) is 1.21. The Morgan fingerprint density at radius 3 is 2.81 bits per heavy atom. The Morgan fingerprint density at radius 1 is 1.13 bits per heavy atom. The molecule has 3 aromatic heterocycles. The van der Waals surface area contributed by atoms with Gasteiger partial charge in [-0.1, -0.05) is 6.07 Å². The smallest absolute Gasteiger partial charge is 0.248 e. The molecule has 9 nitrogen and oxygen atoms in total. The third-order valence-corrected chi connectivity index (χ3v) is 6.33. The van der Waals surface area contributed by atoms with E-state index in [4.69, 9.17) is 8.83 Å². The van der Waals surface area contributed by atoms with Gasteiger partial charge in [0.05, 0.1) is 17.7 Å². The van der Waals surface area contributed by atoms with Crippen LogP contribution in [0.4, 0.5) is 5.69 Å². The first kappa shape index (κ1) is 21.0. The molecular weight excluding hydrogens is 440 g/mol. The van der Waals surface area contributed by atoms with Gasteiger partial charge < -0.3 is 14.2 Å². The van der Waals surface area contributed by atoms with Crippen LogP contribution in [0.3, 0.4) is 0 Å². The van der Waals surface area contributed by atoms with Crippen LogP contribution in [-0.2, 0) is 27.8 Å². The number of aryl methyl sites for hydroxylation is 1. The molecule has 0 aliphatic heterocycles. The lowest BCUT2D eigenvalue weighted by Gasteiger charge is -2.08. The van der Waals surface area contributed by atoms with E-state index in [1.807, 2.05) is 16.8 Å². The Morgan fingerprint density at radius 2 is 2.03 bits per heavy atom. The molecule has 0 fully saturated rings. The molecule has 0 aliphatic carbocycles. The van der Waals surface area contributed by atoms with E-state index in [0.29, 0.717) is 23.2 Å². The number of hydrogen-bond acceptors (Lipinski definition) is 8. The summed E-state index contributed by atoms with van der Waals surface area (Å²) in [6.07, 6.45) is 1.85. The predicted molar refractivity (Wildman–Crippen MR) is 114 cm³/mol. The maximum atomic E-state index is 12.5. The molecule has 0 bridgehead atoms. The van der Waals surface area contributed by atoms with Crippen molar-refractivity contribution in [2.24, 2.45) is 0 Å². The zero-order chi connectivity index (χ0) is 21.7.